The molecule has 3 N–H and O–H groups in total. The van der Waals surface area contributed by atoms with Crippen LogP contribution in [-0.4, -0.2) is 35.9 Å². The minimum Gasteiger partial charge on any atom is -0.372 e. The molecule has 19 heavy (non-hydrogen) atoms. The number of nitrogens with zero attached hydrogens (tertiary/aromatic N) is 1. The Morgan fingerprint density at radius 3 is 2.47 bits per heavy atom. The maximum Gasteiger partial charge on any atom is 0.255 e. The summed E-state index contributed by atoms with van der Waals surface area (Å²) in [6, 6.07) is 2.77. The SMILES string of the molecule is CNc1ncccc1C(=O)NC(C)C(=O)NC(C)C. The first-order valence-electron chi connectivity index (χ1n) is 6.19. The Bertz CT molecular complexity index is 460. The Balaban J connectivity index is 2.71. The summed E-state index contributed by atoms with van der Waals surface area (Å²) in [7, 11) is 1.69. The van der Waals surface area contributed by atoms with Crippen LogP contribution in [0, 0.1) is 0 Å². The van der Waals surface area contributed by atoms with E-state index in [4.69, 9.17) is 0 Å². The number of hydrogen-bond donors (Lipinski definition) is 3. The van der Waals surface area contributed by atoms with Gasteiger partial charge in [0, 0.05) is 19.3 Å². The van der Waals surface area contributed by atoms with Crippen molar-refractivity contribution in [2.24, 2.45) is 0 Å². The molecule has 0 spiro atoms. The van der Waals surface area contributed by atoms with Crippen molar-refractivity contribution in [2.45, 2.75) is 32.9 Å². The molecule has 1 heterocycles. The second-order valence-electron chi connectivity index (χ2n) is 4.51. The topological polar surface area (TPSA) is 83.1 Å². The van der Waals surface area contributed by atoms with Crippen molar-refractivity contribution in [1.82, 2.24) is 15.6 Å². The van der Waals surface area contributed by atoms with E-state index < -0.39 is 6.04 Å². The van der Waals surface area contributed by atoms with E-state index in [1.807, 2.05) is 13.8 Å². The Morgan fingerprint density at radius 1 is 1.21 bits per heavy atom. The van der Waals surface area contributed by atoms with Crippen LogP contribution in [0.15, 0.2) is 18.3 Å². The third-order valence-electron chi connectivity index (χ3n) is 2.46. The number of nitrogens with one attached hydrogen (secondary N) is 3. The van der Waals surface area contributed by atoms with Gasteiger partial charge in [-0.2, -0.15) is 0 Å². The fraction of sp³-hybridized carbons (Fsp3) is 0.462. The lowest BCUT2D eigenvalue weighted by atomic mass is 10.2. The minimum atomic E-state index is -0.597. The van der Waals surface area contributed by atoms with E-state index in [0.29, 0.717) is 11.4 Å². The Morgan fingerprint density at radius 2 is 1.89 bits per heavy atom. The van der Waals surface area contributed by atoms with E-state index in [1.165, 1.54) is 0 Å². The predicted molar refractivity (Wildman–Crippen MR) is 74.0 cm³/mol. The average Bonchev–Trinajstić information content (AvgIpc) is 2.37. The van der Waals surface area contributed by atoms with Gasteiger partial charge in [-0.15, -0.1) is 0 Å². The molecule has 104 valence electrons. The largest absolute Gasteiger partial charge is 0.372 e. The molecular formula is C13H20N4O2. The summed E-state index contributed by atoms with van der Waals surface area (Å²) in [5, 5.41) is 8.23. The number of anilines is 1. The number of carbonyl (C=O) groups excluding carboxylic acids is 2. The maximum absolute atomic E-state index is 12.1. The number of carbonyl (C=O) groups is 2. The van der Waals surface area contributed by atoms with Gasteiger partial charge in [0.1, 0.15) is 11.9 Å². The average molecular weight is 264 g/mol. The van der Waals surface area contributed by atoms with Gasteiger partial charge in [0.15, 0.2) is 0 Å². The lowest BCUT2D eigenvalue weighted by molar-refractivity contribution is -0.123. The first-order chi connectivity index (χ1) is 8.95. The van der Waals surface area contributed by atoms with Crippen LogP contribution in [0.3, 0.4) is 0 Å². The van der Waals surface area contributed by atoms with Gasteiger partial charge in [0.05, 0.1) is 5.56 Å². The van der Waals surface area contributed by atoms with Crippen LogP contribution in [0.25, 0.3) is 0 Å². The van der Waals surface area contributed by atoms with Gasteiger partial charge in [0.2, 0.25) is 5.91 Å². The van der Waals surface area contributed by atoms with Crippen LogP contribution in [0.2, 0.25) is 0 Å². The van der Waals surface area contributed by atoms with Crippen LogP contribution in [-0.2, 0) is 4.79 Å². The highest BCUT2D eigenvalue weighted by molar-refractivity contribution is 6.00. The minimum absolute atomic E-state index is 0.0399. The summed E-state index contributed by atoms with van der Waals surface area (Å²) < 4.78 is 0. The Labute approximate surface area is 113 Å². The highest BCUT2D eigenvalue weighted by Gasteiger charge is 2.18. The molecule has 6 nitrogen and oxygen atoms in total. The van der Waals surface area contributed by atoms with Crippen molar-refractivity contribution in [2.75, 3.05) is 12.4 Å². The van der Waals surface area contributed by atoms with Crippen LogP contribution in [0.5, 0.6) is 0 Å². The van der Waals surface area contributed by atoms with Crippen molar-refractivity contribution in [3.63, 3.8) is 0 Å². The highest BCUT2D eigenvalue weighted by Crippen LogP contribution is 2.10. The standard InChI is InChI=1S/C13H20N4O2/c1-8(2)16-12(18)9(3)17-13(19)10-6-5-7-15-11(10)14-4/h5-9H,1-4H3,(H,14,15)(H,16,18)(H,17,19). The van der Waals surface area contributed by atoms with Gasteiger partial charge < -0.3 is 16.0 Å². The summed E-state index contributed by atoms with van der Waals surface area (Å²) in [6.07, 6.45) is 1.59. The number of aromatic nitrogens is 1. The molecule has 0 aliphatic heterocycles. The molecule has 1 unspecified atom stereocenters. The third kappa shape index (κ3) is 4.24. The van der Waals surface area contributed by atoms with Crippen LogP contribution in [0.4, 0.5) is 5.82 Å². The maximum atomic E-state index is 12.1. The first-order valence-corrected chi connectivity index (χ1v) is 6.19. The van der Waals surface area contributed by atoms with Gasteiger partial charge in [-0.3, -0.25) is 9.59 Å². The fourth-order valence-corrected chi connectivity index (χ4v) is 1.54. The quantitative estimate of drug-likeness (QED) is 0.733. The van der Waals surface area contributed by atoms with Gasteiger partial charge in [-0.1, -0.05) is 0 Å². The van der Waals surface area contributed by atoms with E-state index in [0.717, 1.165) is 0 Å². The molecule has 0 aliphatic rings. The van der Waals surface area contributed by atoms with Crippen LogP contribution in [0.1, 0.15) is 31.1 Å². The lowest BCUT2D eigenvalue weighted by Crippen LogP contribution is -2.46. The molecule has 0 radical (unpaired) electrons. The van der Waals surface area contributed by atoms with Gasteiger partial charge in [-0.25, -0.2) is 4.98 Å². The Kier molecular flexibility index (Phi) is 5.29. The highest BCUT2D eigenvalue weighted by atomic mass is 16.2. The van der Waals surface area contributed by atoms with Crippen molar-refractivity contribution in [1.29, 1.82) is 0 Å². The molecule has 0 saturated heterocycles. The van der Waals surface area contributed by atoms with E-state index in [2.05, 4.69) is 20.9 Å². The molecule has 0 aliphatic carbocycles. The lowest BCUT2D eigenvalue weighted by Gasteiger charge is -2.16. The van der Waals surface area contributed by atoms with Crippen molar-refractivity contribution in [3.8, 4) is 0 Å². The summed E-state index contributed by atoms with van der Waals surface area (Å²) in [4.78, 5) is 27.8. The summed E-state index contributed by atoms with van der Waals surface area (Å²) >= 11 is 0. The summed E-state index contributed by atoms with van der Waals surface area (Å²) in [5.41, 5.74) is 0.411. The molecule has 6 heteroatoms. The van der Waals surface area contributed by atoms with E-state index in [9.17, 15) is 9.59 Å². The zero-order valence-corrected chi connectivity index (χ0v) is 11.7. The first kappa shape index (κ1) is 14.9. The van der Waals surface area contributed by atoms with Gasteiger partial charge in [0.25, 0.3) is 5.91 Å². The zero-order chi connectivity index (χ0) is 14.4. The number of pyridine rings is 1. The summed E-state index contributed by atoms with van der Waals surface area (Å²) in [5.74, 6) is -0.0569. The number of rotatable bonds is 5. The van der Waals surface area contributed by atoms with Crippen molar-refractivity contribution in [3.05, 3.63) is 23.9 Å². The normalized spacial score (nSPS) is 11.8. The Hall–Kier alpha value is -2.11. The fourth-order valence-electron chi connectivity index (χ4n) is 1.54. The number of hydrogen-bond acceptors (Lipinski definition) is 4. The van der Waals surface area contributed by atoms with Gasteiger partial charge in [-0.05, 0) is 32.9 Å². The molecule has 1 rings (SSSR count). The van der Waals surface area contributed by atoms with Crippen molar-refractivity contribution >= 4 is 17.6 Å². The van der Waals surface area contributed by atoms with Crippen LogP contribution < -0.4 is 16.0 Å². The third-order valence-corrected chi connectivity index (χ3v) is 2.46. The molecule has 2 amide bonds. The second kappa shape index (κ2) is 6.72. The summed E-state index contributed by atoms with van der Waals surface area (Å²) in [6.45, 7) is 5.38. The van der Waals surface area contributed by atoms with Crippen LogP contribution >= 0.6 is 0 Å². The molecule has 1 aromatic rings. The molecule has 1 aromatic heterocycles. The second-order valence-corrected chi connectivity index (χ2v) is 4.51. The predicted octanol–water partition coefficient (Wildman–Crippen LogP) is 0.766. The molecule has 0 aromatic carbocycles. The van der Waals surface area contributed by atoms with Crippen molar-refractivity contribution < 1.29 is 9.59 Å². The molecule has 0 bridgehead atoms. The van der Waals surface area contributed by atoms with E-state index in [1.54, 1.807) is 32.3 Å². The molecular weight excluding hydrogens is 244 g/mol. The zero-order valence-electron chi connectivity index (χ0n) is 11.7. The molecule has 0 saturated carbocycles. The smallest absolute Gasteiger partial charge is 0.255 e. The monoisotopic (exact) mass is 264 g/mol. The number of amides is 2. The molecule has 0 fully saturated rings. The van der Waals surface area contributed by atoms with E-state index >= 15 is 0 Å². The van der Waals surface area contributed by atoms with Gasteiger partial charge >= 0.3 is 0 Å². The van der Waals surface area contributed by atoms with E-state index in [-0.39, 0.29) is 17.9 Å². The molecule has 1 atom stereocenters.